The largest absolute Gasteiger partial charge is 0.444 e. The van der Waals surface area contributed by atoms with E-state index < -0.39 is 17.4 Å². The third-order valence-electron chi connectivity index (χ3n) is 2.82. The van der Waals surface area contributed by atoms with Gasteiger partial charge in [0.15, 0.2) is 0 Å². The van der Waals surface area contributed by atoms with Crippen LogP contribution in [-0.2, 0) is 17.6 Å². The third-order valence-corrected chi connectivity index (χ3v) is 2.82. The van der Waals surface area contributed by atoms with Crippen LogP contribution in [0.15, 0.2) is 24.3 Å². The molecule has 4 nitrogen and oxygen atoms in total. The van der Waals surface area contributed by atoms with Crippen molar-refractivity contribution < 1.29 is 14.6 Å². The Hall–Kier alpha value is -1.55. The highest BCUT2D eigenvalue weighted by molar-refractivity contribution is 5.69. The smallest absolute Gasteiger partial charge is 0.409 e. The molecule has 1 aliphatic rings. The third kappa shape index (κ3) is 3.01. The molecule has 2 N–H and O–H groups in total. The van der Waals surface area contributed by atoms with Crippen LogP contribution >= 0.6 is 0 Å². The number of carbonyl (C=O) groups is 1. The lowest BCUT2D eigenvalue weighted by atomic mass is 10.1. The number of amides is 1. The van der Waals surface area contributed by atoms with Crippen molar-refractivity contribution >= 4 is 6.09 Å². The summed E-state index contributed by atoms with van der Waals surface area (Å²) >= 11 is 0. The molecule has 1 aromatic rings. The van der Waals surface area contributed by atoms with Crippen LogP contribution < -0.4 is 5.32 Å². The minimum absolute atomic E-state index is 0.419. The highest BCUT2D eigenvalue weighted by Gasteiger charge is 2.37. The first-order valence-corrected chi connectivity index (χ1v) is 6.08. The summed E-state index contributed by atoms with van der Waals surface area (Å²) in [6, 6.07) is 7.78. The normalized spacial score (nSPS) is 17.1. The lowest BCUT2D eigenvalue weighted by Crippen LogP contribution is -2.50. The Bertz CT molecular complexity index is 437. The van der Waals surface area contributed by atoms with Gasteiger partial charge in [0, 0.05) is 12.8 Å². The highest BCUT2D eigenvalue weighted by atomic mass is 16.6. The van der Waals surface area contributed by atoms with E-state index in [2.05, 4.69) is 5.32 Å². The van der Waals surface area contributed by atoms with Crippen molar-refractivity contribution in [3.8, 4) is 0 Å². The molecule has 0 fully saturated rings. The standard InChI is InChI=1S/C14H19NO3/c1-13(2,3)18-12(16)15-14(17)8-10-6-4-5-7-11(10)9-14/h4-7,17H,8-9H2,1-3H3,(H,15,16). The van der Waals surface area contributed by atoms with Gasteiger partial charge in [-0.2, -0.15) is 0 Å². The molecule has 0 heterocycles. The second kappa shape index (κ2) is 4.28. The molecular formula is C14H19NO3. The monoisotopic (exact) mass is 249 g/mol. The van der Waals surface area contributed by atoms with E-state index in [0.717, 1.165) is 11.1 Å². The number of alkyl carbamates (subject to hydrolysis) is 1. The molecule has 0 saturated carbocycles. The molecule has 1 amide bonds. The molecule has 1 aromatic carbocycles. The molecule has 0 unspecified atom stereocenters. The number of ether oxygens (including phenoxy) is 1. The molecule has 1 aliphatic carbocycles. The number of aliphatic hydroxyl groups is 1. The van der Waals surface area contributed by atoms with E-state index in [1.165, 1.54) is 0 Å². The van der Waals surface area contributed by atoms with E-state index >= 15 is 0 Å². The molecule has 0 bridgehead atoms. The van der Waals surface area contributed by atoms with Crippen LogP contribution in [0.4, 0.5) is 4.79 Å². The molecule has 0 aliphatic heterocycles. The molecule has 0 radical (unpaired) electrons. The van der Waals surface area contributed by atoms with Gasteiger partial charge in [-0.3, -0.25) is 5.32 Å². The van der Waals surface area contributed by atoms with Gasteiger partial charge in [-0.05, 0) is 31.9 Å². The molecule has 4 heteroatoms. The Morgan fingerprint density at radius 3 is 2.22 bits per heavy atom. The SMILES string of the molecule is CC(C)(C)OC(=O)NC1(O)Cc2ccccc2C1. The summed E-state index contributed by atoms with van der Waals surface area (Å²) in [4.78, 5) is 11.7. The first-order chi connectivity index (χ1) is 8.27. The van der Waals surface area contributed by atoms with Crippen LogP contribution in [0, 0.1) is 0 Å². The van der Waals surface area contributed by atoms with Crippen molar-refractivity contribution in [3.05, 3.63) is 35.4 Å². The zero-order chi connectivity index (χ0) is 13.4. The van der Waals surface area contributed by atoms with Crippen molar-refractivity contribution in [2.75, 3.05) is 0 Å². The van der Waals surface area contributed by atoms with Gasteiger partial charge in [0.25, 0.3) is 0 Å². The van der Waals surface area contributed by atoms with Crippen LogP contribution in [0.5, 0.6) is 0 Å². The second-order valence-electron chi connectivity index (χ2n) is 5.78. The maximum absolute atomic E-state index is 11.7. The maximum Gasteiger partial charge on any atom is 0.409 e. The predicted octanol–water partition coefficient (Wildman–Crippen LogP) is 2.00. The van der Waals surface area contributed by atoms with E-state index in [9.17, 15) is 9.90 Å². The molecule has 2 rings (SSSR count). The van der Waals surface area contributed by atoms with Crippen molar-refractivity contribution in [2.24, 2.45) is 0 Å². The maximum atomic E-state index is 11.7. The van der Waals surface area contributed by atoms with E-state index in [-0.39, 0.29) is 0 Å². The number of carbonyl (C=O) groups excluding carboxylic acids is 1. The Kier molecular flexibility index (Phi) is 3.07. The molecular weight excluding hydrogens is 230 g/mol. The minimum Gasteiger partial charge on any atom is -0.444 e. The van der Waals surface area contributed by atoms with Crippen LogP contribution in [0.1, 0.15) is 31.9 Å². The lowest BCUT2D eigenvalue weighted by Gasteiger charge is -2.27. The average molecular weight is 249 g/mol. The quantitative estimate of drug-likeness (QED) is 0.748. The van der Waals surface area contributed by atoms with E-state index in [1.54, 1.807) is 20.8 Å². The van der Waals surface area contributed by atoms with Crippen LogP contribution in [0.25, 0.3) is 0 Å². The summed E-state index contributed by atoms with van der Waals surface area (Å²) < 4.78 is 5.15. The van der Waals surface area contributed by atoms with Crippen molar-refractivity contribution in [2.45, 2.75) is 44.9 Å². The number of hydrogen-bond donors (Lipinski definition) is 2. The number of rotatable bonds is 1. The summed E-state index contributed by atoms with van der Waals surface area (Å²) in [7, 11) is 0. The number of hydrogen-bond acceptors (Lipinski definition) is 3. The number of nitrogens with one attached hydrogen (secondary N) is 1. The van der Waals surface area contributed by atoms with E-state index in [4.69, 9.17) is 4.74 Å². The number of benzene rings is 1. The molecule has 0 aromatic heterocycles. The summed E-state index contributed by atoms with van der Waals surface area (Å²) in [5.74, 6) is 0. The van der Waals surface area contributed by atoms with Gasteiger partial charge in [-0.15, -0.1) is 0 Å². The fourth-order valence-electron chi connectivity index (χ4n) is 2.18. The van der Waals surface area contributed by atoms with Gasteiger partial charge < -0.3 is 9.84 Å². The summed E-state index contributed by atoms with van der Waals surface area (Å²) in [5.41, 5.74) is 0.338. The molecule has 0 atom stereocenters. The first kappa shape index (κ1) is 12.9. The zero-order valence-electron chi connectivity index (χ0n) is 11.0. The lowest BCUT2D eigenvalue weighted by molar-refractivity contribution is -0.00725. The Morgan fingerprint density at radius 1 is 1.28 bits per heavy atom. The van der Waals surface area contributed by atoms with Crippen LogP contribution in [0.3, 0.4) is 0 Å². The van der Waals surface area contributed by atoms with Gasteiger partial charge in [0.05, 0.1) is 0 Å². The van der Waals surface area contributed by atoms with Crippen molar-refractivity contribution in [1.82, 2.24) is 5.32 Å². The molecule has 98 valence electrons. The van der Waals surface area contributed by atoms with E-state index in [0.29, 0.717) is 12.8 Å². The summed E-state index contributed by atoms with van der Waals surface area (Å²) in [5, 5.41) is 12.9. The van der Waals surface area contributed by atoms with Crippen molar-refractivity contribution in [3.63, 3.8) is 0 Å². The molecule has 0 spiro atoms. The van der Waals surface area contributed by atoms with Gasteiger partial charge >= 0.3 is 6.09 Å². The average Bonchev–Trinajstić information content (AvgIpc) is 2.49. The van der Waals surface area contributed by atoms with Gasteiger partial charge in [-0.1, -0.05) is 24.3 Å². The highest BCUT2D eigenvalue weighted by Crippen LogP contribution is 2.28. The van der Waals surface area contributed by atoms with E-state index in [1.807, 2.05) is 24.3 Å². The second-order valence-corrected chi connectivity index (χ2v) is 5.78. The Labute approximate surface area is 107 Å². The fourth-order valence-corrected chi connectivity index (χ4v) is 2.18. The van der Waals surface area contributed by atoms with Crippen LogP contribution in [-0.4, -0.2) is 22.5 Å². The summed E-state index contributed by atoms with van der Waals surface area (Å²) in [6.07, 6.45) is 0.253. The molecule has 18 heavy (non-hydrogen) atoms. The fraction of sp³-hybridized carbons (Fsp3) is 0.500. The summed E-state index contributed by atoms with van der Waals surface area (Å²) in [6.45, 7) is 5.38. The van der Waals surface area contributed by atoms with Gasteiger partial charge in [0.1, 0.15) is 11.3 Å². The molecule has 0 saturated heterocycles. The minimum atomic E-state index is -1.23. The predicted molar refractivity (Wildman–Crippen MR) is 68.2 cm³/mol. The van der Waals surface area contributed by atoms with Gasteiger partial charge in [0.2, 0.25) is 0 Å². The number of fused-ring (bicyclic) bond motifs is 1. The Balaban J connectivity index is 2.02. The zero-order valence-corrected chi connectivity index (χ0v) is 11.0. The Morgan fingerprint density at radius 2 is 1.78 bits per heavy atom. The topological polar surface area (TPSA) is 58.6 Å². The first-order valence-electron chi connectivity index (χ1n) is 6.08. The van der Waals surface area contributed by atoms with Gasteiger partial charge in [-0.25, -0.2) is 4.79 Å². The van der Waals surface area contributed by atoms with Crippen molar-refractivity contribution in [1.29, 1.82) is 0 Å². The van der Waals surface area contributed by atoms with Crippen LogP contribution in [0.2, 0.25) is 0 Å².